The van der Waals surface area contributed by atoms with Crippen molar-refractivity contribution in [1.29, 1.82) is 0 Å². The summed E-state index contributed by atoms with van der Waals surface area (Å²) in [6.07, 6.45) is 4.22. The van der Waals surface area contributed by atoms with E-state index < -0.39 is 0 Å². The third kappa shape index (κ3) is 2.82. The standard InChI is InChI=1S/C16H19N3O2/c1-19(16(21)11-6-2-3-7-11)10-14-17-13-9-5-4-8-12(13)15(20)18-14/h4-5,8-9,11H,2-3,6-7,10H2,1H3,(H,17,18,20). The summed E-state index contributed by atoms with van der Waals surface area (Å²) in [5.41, 5.74) is 0.510. The van der Waals surface area contributed by atoms with Crippen LogP contribution in [0.3, 0.4) is 0 Å². The van der Waals surface area contributed by atoms with Gasteiger partial charge < -0.3 is 9.88 Å². The first-order valence-corrected chi connectivity index (χ1v) is 7.38. The van der Waals surface area contributed by atoms with Gasteiger partial charge in [-0.15, -0.1) is 0 Å². The molecule has 5 heteroatoms. The molecule has 1 aromatic heterocycles. The third-order valence-electron chi connectivity index (χ3n) is 4.13. The number of hydrogen-bond donors (Lipinski definition) is 1. The lowest BCUT2D eigenvalue weighted by Crippen LogP contribution is -2.32. The number of H-pyrrole nitrogens is 1. The van der Waals surface area contributed by atoms with Gasteiger partial charge in [-0.05, 0) is 25.0 Å². The number of benzene rings is 1. The maximum Gasteiger partial charge on any atom is 0.258 e. The topological polar surface area (TPSA) is 66.1 Å². The van der Waals surface area contributed by atoms with Crippen LogP contribution < -0.4 is 5.56 Å². The van der Waals surface area contributed by atoms with Crippen molar-refractivity contribution >= 4 is 16.8 Å². The van der Waals surface area contributed by atoms with Crippen molar-refractivity contribution in [2.75, 3.05) is 7.05 Å². The van der Waals surface area contributed by atoms with Crippen LogP contribution in [0.25, 0.3) is 10.9 Å². The van der Waals surface area contributed by atoms with Gasteiger partial charge in [0.1, 0.15) is 5.82 Å². The number of nitrogens with zero attached hydrogens (tertiary/aromatic N) is 2. The Labute approximate surface area is 123 Å². The van der Waals surface area contributed by atoms with E-state index in [-0.39, 0.29) is 17.4 Å². The van der Waals surface area contributed by atoms with Gasteiger partial charge in [-0.3, -0.25) is 9.59 Å². The van der Waals surface area contributed by atoms with E-state index in [1.165, 1.54) is 0 Å². The molecule has 0 aliphatic heterocycles. The number of aromatic amines is 1. The second-order valence-corrected chi connectivity index (χ2v) is 5.71. The SMILES string of the molecule is CN(Cc1nc2ccccc2c(=O)[nH]1)C(=O)C1CCCC1. The Kier molecular flexibility index (Phi) is 3.73. The molecule has 2 aromatic rings. The summed E-state index contributed by atoms with van der Waals surface area (Å²) < 4.78 is 0. The van der Waals surface area contributed by atoms with Gasteiger partial charge in [0.05, 0.1) is 17.4 Å². The highest BCUT2D eigenvalue weighted by molar-refractivity contribution is 5.79. The first kappa shape index (κ1) is 13.8. The van der Waals surface area contributed by atoms with E-state index in [0.29, 0.717) is 23.3 Å². The summed E-state index contributed by atoms with van der Waals surface area (Å²) in [6.45, 7) is 0.343. The fourth-order valence-electron chi connectivity index (χ4n) is 3.00. The molecule has 0 saturated heterocycles. The molecule has 0 atom stereocenters. The van der Waals surface area contributed by atoms with Gasteiger partial charge in [0.2, 0.25) is 5.91 Å². The van der Waals surface area contributed by atoms with E-state index in [1.54, 1.807) is 18.0 Å². The van der Waals surface area contributed by atoms with Crippen LogP contribution in [0.5, 0.6) is 0 Å². The zero-order valence-corrected chi connectivity index (χ0v) is 12.1. The van der Waals surface area contributed by atoms with Gasteiger partial charge in [0, 0.05) is 13.0 Å². The molecular weight excluding hydrogens is 266 g/mol. The maximum absolute atomic E-state index is 12.3. The molecule has 5 nitrogen and oxygen atoms in total. The summed E-state index contributed by atoms with van der Waals surface area (Å²) in [5, 5.41) is 0.575. The van der Waals surface area contributed by atoms with E-state index in [9.17, 15) is 9.59 Å². The van der Waals surface area contributed by atoms with Crippen LogP contribution in [0, 0.1) is 5.92 Å². The summed E-state index contributed by atoms with van der Waals surface area (Å²) in [5.74, 6) is 0.832. The molecule has 0 spiro atoms. The van der Waals surface area contributed by atoms with E-state index in [0.717, 1.165) is 25.7 Å². The van der Waals surface area contributed by atoms with Crippen molar-refractivity contribution in [3.05, 3.63) is 40.4 Å². The molecule has 0 unspecified atom stereocenters. The van der Waals surface area contributed by atoms with Crippen molar-refractivity contribution in [2.24, 2.45) is 5.92 Å². The highest BCUT2D eigenvalue weighted by Crippen LogP contribution is 2.26. The second-order valence-electron chi connectivity index (χ2n) is 5.71. The Morgan fingerprint density at radius 3 is 2.81 bits per heavy atom. The van der Waals surface area contributed by atoms with Gasteiger partial charge in [-0.2, -0.15) is 0 Å². The predicted molar refractivity (Wildman–Crippen MR) is 80.8 cm³/mol. The predicted octanol–water partition coefficient (Wildman–Crippen LogP) is 2.07. The molecule has 110 valence electrons. The number of amides is 1. The van der Waals surface area contributed by atoms with E-state index in [1.807, 2.05) is 18.2 Å². The van der Waals surface area contributed by atoms with Crippen molar-refractivity contribution < 1.29 is 4.79 Å². The Morgan fingerprint density at radius 1 is 1.33 bits per heavy atom. The fraction of sp³-hybridized carbons (Fsp3) is 0.438. The molecule has 1 saturated carbocycles. The van der Waals surface area contributed by atoms with Crippen LogP contribution >= 0.6 is 0 Å². The average molecular weight is 285 g/mol. The molecule has 0 radical (unpaired) electrons. The van der Waals surface area contributed by atoms with Crippen molar-refractivity contribution in [3.63, 3.8) is 0 Å². The molecule has 1 aliphatic rings. The quantitative estimate of drug-likeness (QED) is 0.939. The number of carbonyl (C=O) groups excluding carboxylic acids is 1. The lowest BCUT2D eigenvalue weighted by molar-refractivity contribution is -0.134. The first-order chi connectivity index (χ1) is 10.1. The summed E-state index contributed by atoms with van der Waals surface area (Å²) in [4.78, 5) is 33.2. The highest BCUT2D eigenvalue weighted by Gasteiger charge is 2.25. The minimum Gasteiger partial charge on any atom is -0.338 e. The van der Waals surface area contributed by atoms with Gasteiger partial charge in [-0.25, -0.2) is 4.98 Å². The monoisotopic (exact) mass is 285 g/mol. The van der Waals surface area contributed by atoms with Crippen LogP contribution in [-0.2, 0) is 11.3 Å². The summed E-state index contributed by atoms with van der Waals surface area (Å²) in [6, 6.07) is 7.23. The molecule has 1 amide bonds. The molecule has 1 heterocycles. The number of hydrogen-bond acceptors (Lipinski definition) is 3. The number of rotatable bonds is 3. The number of nitrogens with one attached hydrogen (secondary N) is 1. The molecule has 0 bridgehead atoms. The second kappa shape index (κ2) is 5.68. The smallest absolute Gasteiger partial charge is 0.258 e. The Balaban J connectivity index is 1.81. The lowest BCUT2D eigenvalue weighted by Gasteiger charge is -2.20. The number of para-hydroxylation sites is 1. The van der Waals surface area contributed by atoms with Gasteiger partial charge in [0.25, 0.3) is 5.56 Å². The molecule has 1 aromatic carbocycles. The zero-order chi connectivity index (χ0) is 14.8. The minimum absolute atomic E-state index is 0.141. The van der Waals surface area contributed by atoms with Gasteiger partial charge >= 0.3 is 0 Å². The highest BCUT2D eigenvalue weighted by atomic mass is 16.2. The van der Waals surface area contributed by atoms with Gasteiger partial charge in [0.15, 0.2) is 0 Å². The summed E-state index contributed by atoms with van der Waals surface area (Å²) >= 11 is 0. The van der Waals surface area contributed by atoms with Crippen molar-refractivity contribution in [2.45, 2.75) is 32.2 Å². The molecule has 1 fully saturated rings. The zero-order valence-electron chi connectivity index (χ0n) is 12.1. The average Bonchev–Trinajstić information content (AvgIpc) is 3.00. The van der Waals surface area contributed by atoms with Crippen LogP contribution in [0.2, 0.25) is 0 Å². The lowest BCUT2D eigenvalue weighted by atomic mass is 10.1. The Hall–Kier alpha value is -2.17. The Bertz CT molecular complexity index is 717. The van der Waals surface area contributed by atoms with Gasteiger partial charge in [-0.1, -0.05) is 25.0 Å². The van der Waals surface area contributed by atoms with Crippen LogP contribution in [0.1, 0.15) is 31.5 Å². The van der Waals surface area contributed by atoms with Crippen LogP contribution in [-0.4, -0.2) is 27.8 Å². The normalized spacial score (nSPS) is 15.5. The van der Waals surface area contributed by atoms with E-state index in [2.05, 4.69) is 9.97 Å². The minimum atomic E-state index is -0.155. The maximum atomic E-state index is 12.3. The Morgan fingerprint density at radius 2 is 2.05 bits per heavy atom. The van der Waals surface area contributed by atoms with Crippen molar-refractivity contribution in [1.82, 2.24) is 14.9 Å². The number of fused-ring (bicyclic) bond motifs is 1. The van der Waals surface area contributed by atoms with E-state index >= 15 is 0 Å². The van der Waals surface area contributed by atoms with Crippen LogP contribution in [0.15, 0.2) is 29.1 Å². The fourth-order valence-corrected chi connectivity index (χ4v) is 3.00. The largest absolute Gasteiger partial charge is 0.338 e. The third-order valence-corrected chi connectivity index (χ3v) is 4.13. The molecule has 1 N–H and O–H groups in total. The van der Waals surface area contributed by atoms with Crippen molar-refractivity contribution in [3.8, 4) is 0 Å². The molecule has 21 heavy (non-hydrogen) atoms. The molecular formula is C16H19N3O2. The first-order valence-electron chi connectivity index (χ1n) is 7.38. The molecule has 1 aliphatic carbocycles. The number of carbonyl (C=O) groups is 1. The molecule has 3 rings (SSSR count). The van der Waals surface area contributed by atoms with Crippen LogP contribution in [0.4, 0.5) is 0 Å². The van der Waals surface area contributed by atoms with E-state index in [4.69, 9.17) is 0 Å². The summed E-state index contributed by atoms with van der Waals surface area (Å²) in [7, 11) is 1.77. The number of aromatic nitrogens is 2.